The van der Waals surface area contributed by atoms with Gasteiger partial charge in [-0.25, -0.2) is 4.98 Å². The standard InChI is InChI=1S/C21H24N4O/c1-3-13-25(20(26)11-10-16-8-6-12-23-21(16)22)15(2)19-14-17-7-4-5-9-18(17)24-19/h4-12,14-15,24H,3,13H2,1-2H3,(H2,22,23)/b11-10+. The number of nitrogen functional groups attached to an aromatic ring is 1. The van der Waals surface area contributed by atoms with Crippen molar-refractivity contribution in [1.82, 2.24) is 14.9 Å². The normalized spacial score (nSPS) is 12.5. The summed E-state index contributed by atoms with van der Waals surface area (Å²) in [4.78, 5) is 22.1. The van der Waals surface area contributed by atoms with E-state index in [1.54, 1.807) is 24.4 Å². The van der Waals surface area contributed by atoms with E-state index in [0.29, 0.717) is 12.4 Å². The summed E-state index contributed by atoms with van der Waals surface area (Å²) >= 11 is 0. The SMILES string of the molecule is CCCN(C(=O)/C=C/c1cccnc1N)C(C)c1cc2ccccc2[nH]1. The Morgan fingerprint density at radius 3 is 2.85 bits per heavy atom. The molecule has 0 saturated carbocycles. The predicted molar refractivity (Wildman–Crippen MR) is 106 cm³/mol. The number of carbonyl (C=O) groups excluding carboxylic acids is 1. The van der Waals surface area contributed by atoms with Crippen LogP contribution in [0.5, 0.6) is 0 Å². The van der Waals surface area contributed by atoms with E-state index in [9.17, 15) is 4.79 Å². The number of aromatic amines is 1. The second kappa shape index (κ2) is 7.87. The first kappa shape index (κ1) is 17.7. The van der Waals surface area contributed by atoms with Gasteiger partial charge in [-0.3, -0.25) is 4.79 Å². The number of hydrogen-bond acceptors (Lipinski definition) is 3. The molecule has 1 aromatic carbocycles. The maximum atomic E-state index is 12.8. The molecule has 0 saturated heterocycles. The Balaban J connectivity index is 1.83. The molecule has 2 aromatic heterocycles. The minimum absolute atomic E-state index is 0.0405. The molecule has 0 spiro atoms. The molecule has 3 aromatic rings. The van der Waals surface area contributed by atoms with Crippen LogP contribution >= 0.6 is 0 Å². The van der Waals surface area contributed by atoms with Crippen LogP contribution in [0, 0.1) is 0 Å². The fourth-order valence-corrected chi connectivity index (χ4v) is 3.05. The van der Waals surface area contributed by atoms with Gasteiger partial charge in [-0.2, -0.15) is 0 Å². The van der Waals surface area contributed by atoms with Crippen LogP contribution in [0.2, 0.25) is 0 Å². The zero-order valence-electron chi connectivity index (χ0n) is 15.1. The summed E-state index contributed by atoms with van der Waals surface area (Å²) in [5.41, 5.74) is 8.70. The van der Waals surface area contributed by atoms with Gasteiger partial charge in [0, 0.05) is 35.6 Å². The summed E-state index contributed by atoms with van der Waals surface area (Å²) in [6, 6.07) is 13.8. The van der Waals surface area contributed by atoms with Crippen LogP contribution in [-0.4, -0.2) is 27.3 Å². The van der Waals surface area contributed by atoms with Crippen molar-refractivity contribution in [1.29, 1.82) is 0 Å². The van der Waals surface area contributed by atoms with Crippen LogP contribution < -0.4 is 5.73 Å². The second-order valence-electron chi connectivity index (χ2n) is 6.33. The molecule has 0 aliphatic carbocycles. The van der Waals surface area contributed by atoms with Crippen LogP contribution in [0.3, 0.4) is 0 Å². The van der Waals surface area contributed by atoms with Crippen LogP contribution in [-0.2, 0) is 4.79 Å². The molecule has 0 aliphatic heterocycles. The van der Waals surface area contributed by atoms with Crippen molar-refractivity contribution in [2.24, 2.45) is 0 Å². The molecule has 3 N–H and O–H groups in total. The zero-order valence-corrected chi connectivity index (χ0v) is 15.1. The van der Waals surface area contributed by atoms with Crippen molar-refractivity contribution in [3.05, 3.63) is 66.0 Å². The van der Waals surface area contributed by atoms with Gasteiger partial charge < -0.3 is 15.6 Å². The number of fused-ring (bicyclic) bond motifs is 1. The summed E-state index contributed by atoms with van der Waals surface area (Å²) in [6.07, 6.45) is 5.82. The quantitative estimate of drug-likeness (QED) is 0.657. The summed E-state index contributed by atoms with van der Waals surface area (Å²) in [5.74, 6) is 0.378. The largest absolute Gasteiger partial charge is 0.383 e. The van der Waals surface area contributed by atoms with Gasteiger partial charge in [0.1, 0.15) is 5.82 Å². The highest BCUT2D eigenvalue weighted by molar-refractivity contribution is 5.92. The number of hydrogen-bond donors (Lipinski definition) is 2. The average Bonchev–Trinajstić information content (AvgIpc) is 3.09. The minimum Gasteiger partial charge on any atom is -0.383 e. The lowest BCUT2D eigenvalue weighted by Crippen LogP contribution is -2.33. The lowest BCUT2D eigenvalue weighted by atomic mass is 10.1. The Hall–Kier alpha value is -3.08. The molecule has 0 fully saturated rings. The van der Waals surface area contributed by atoms with Gasteiger partial charge in [0.25, 0.3) is 0 Å². The molecule has 0 radical (unpaired) electrons. The fourth-order valence-electron chi connectivity index (χ4n) is 3.05. The number of pyridine rings is 1. The van der Waals surface area contributed by atoms with Crippen molar-refractivity contribution < 1.29 is 4.79 Å². The molecule has 2 heterocycles. The smallest absolute Gasteiger partial charge is 0.247 e. The molecular formula is C21H24N4O. The Morgan fingerprint density at radius 2 is 2.12 bits per heavy atom. The van der Waals surface area contributed by atoms with Crippen LogP contribution in [0.25, 0.3) is 17.0 Å². The van der Waals surface area contributed by atoms with Crippen molar-refractivity contribution in [2.45, 2.75) is 26.3 Å². The number of H-pyrrole nitrogens is 1. The number of aromatic nitrogens is 2. The number of nitrogens with two attached hydrogens (primary N) is 1. The topological polar surface area (TPSA) is 75.0 Å². The van der Waals surface area contributed by atoms with Crippen LogP contribution in [0.15, 0.2) is 54.7 Å². The highest BCUT2D eigenvalue weighted by Crippen LogP contribution is 2.25. The predicted octanol–water partition coefficient (Wildman–Crippen LogP) is 4.16. The van der Waals surface area contributed by atoms with Gasteiger partial charge in [-0.15, -0.1) is 0 Å². The van der Waals surface area contributed by atoms with Gasteiger partial charge in [0.2, 0.25) is 5.91 Å². The molecular weight excluding hydrogens is 324 g/mol. The molecule has 26 heavy (non-hydrogen) atoms. The van der Waals surface area contributed by atoms with E-state index in [1.165, 1.54) is 0 Å². The van der Waals surface area contributed by atoms with Crippen LogP contribution in [0.4, 0.5) is 5.82 Å². The van der Waals surface area contributed by atoms with Gasteiger partial charge in [-0.05, 0) is 49.1 Å². The highest BCUT2D eigenvalue weighted by atomic mass is 16.2. The van der Waals surface area contributed by atoms with Gasteiger partial charge in [0.05, 0.1) is 6.04 Å². The molecule has 0 bridgehead atoms. The minimum atomic E-state index is -0.0502. The van der Waals surface area contributed by atoms with E-state index in [2.05, 4.69) is 29.0 Å². The summed E-state index contributed by atoms with van der Waals surface area (Å²) in [7, 11) is 0. The molecule has 1 atom stereocenters. The zero-order chi connectivity index (χ0) is 18.5. The van der Waals surface area contributed by atoms with Crippen molar-refractivity contribution in [2.75, 3.05) is 12.3 Å². The number of rotatable bonds is 6. The molecule has 0 aliphatic rings. The summed E-state index contributed by atoms with van der Waals surface area (Å²) in [5, 5.41) is 1.15. The number of para-hydroxylation sites is 1. The number of nitrogens with zero attached hydrogens (tertiary/aromatic N) is 2. The lowest BCUT2D eigenvalue weighted by molar-refractivity contribution is -0.128. The van der Waals surface area contributed by atoms with Crippen LogP contribution in [0.1, 0.15) is 37.6 Å². The van der Waals surface area contributed by atoms with E-state index >= 15 is 0 Å². The first-order valence-electron chi connectivity index (χ1n) is 8.87. The highest BCUT2D eigenvalue weighted by Gasteiger charge is 2.20. The fraction of sp³-hybridized carbons (Fsp3) is 0.238. The van der Waals surface area contributed by atoms with Gasteiger partial charge in [-0.1, -0.05) is 25.1 Å². The third-order valence-electron chi connectivity index (χ3n) is 4.49. The number of amides is 1. The third-order valence-corrected chi connectivity index (χ3v) is 4.49. The maximum absolute atomic E-state index is 12.8. The number of benzene rings is 1. The Kier molecular flexibility index (Phi) is 5.37. The first-order valence-corrected chi connectivity index (χ1v) is 8.87. The van der Waals surface area contributed by atoms with E-state index in [-0.39, 0.29) is 11.9 Å². The average molecular weight is 348 g/mol. The van der Waals surface area contributed by atoms with Gasteiger partial charge in [0.15, 0.2) is 0 Å². The Morgan fingerprint density at radius 1 is 1.31 bits per heavy atom. The van der Waals surface area contributed by atoms with E-state index < -0.39 is 0 Å². The van der Waals surface area contributed by atoms with Crippen molar-refractivity contribution in [3.8, 4) is 0 Å². The molecule has 3 rings (SSSR count). The lowest BCUT2D eigenvalue weighted by Gasteiger charge is -2.27. The van der Waals surface area contributed by atoms with E-state index in [0.717, 1.165) is 28.6 Å². The molecule has 5 heteroatoms. The number of nitrogens with one attached hydrogen (secondary N) is 1. The van der Waals surface area contributed by atoms with E-state index in [1.807, 2.05) is 36.1 Å². The summed E-state index contributed by atoms with van der Waals surface area (Å²) < 4.78 is 0. The molecule has 5 nitrogen and oxygen atoms in total. The van der Waals surface area contributed by atoms with Crippen molar-refractivity contribution in [3.63, 3.8) is 0 Å². The molecule has 1 amide bonds. The first-order chi connectivity index (χ1) is 12.6. The Labute approximate surface area is 153 Å². The molecule has 1 unspecified atom stereocenters. The third kappa shape index (κ3) is 3.77. The Bertz CT molecular complexity index is 895. The number of anilines is 1. The summed E-state index contributed by atoms with van der Waals surface area (Å²) in [6.45, 7) is 4.80. The van der Waals surface area contributed by atoms with E-state index in [4.69, 9.17) is 5.73 Å². The molecule has 134 valence electrons. The maximum Gasteiger partial charge on any atom is 0.247 e. The number of carbonyl (C=O) groups is 1. The van der Waals surface area contributed by atoms with Gasteiger partial charge >= 0.3 is 0 Å². The second-order valence-corrected chi connectivity index (χ2v) is 6.33. The monoisotopic (exact) mass is 348 g/mol. The van der Waals surface area contributed by atoms with Crippen molar-refractivity contribution >= 4 is 28.7 Å².